The molecule has 0 spiro atoms. The number of likely N-dealkylation sites (N-methyl/N-ethyl adjacent to an activating group) is 1. The van der Waals surface area contributed by atoms with Crippen molar-refractivity contribution in [3.8, 4) is 6.07 Å². The van der Waals surface area contributed by atoms with Crippen LogP contribution in [0.5, 0.6) is 0 Å². The highest BCUT2D eigenvalue weighted by Gasteiger charge is 2.29. The number of nitrogens with one attached hydrogen (secondary N) is 1. The van der Waals surface area contributed by atoms with E-state index in [4.69, 9.17) is 9.68 Å². The molecule has 0 amide bonds. The van der Waals surface area contributed by atoms with Gasteiger partial charge >= 0.3 is 6.01 Å². The van der Waals surface area contributed by atoms with Gasteiger partial charge in [0.1, 0.15) is 11.9 Å². The molecule has 154 valence electrons. The average molecular weight is 406 g/mol. The van der Waals surface area contributed by atoms with Crippen molar-refractivity contribution in [3.63, 3.8) is 0 Å². The minimum Gasteiger partial charge on any atom is -0.406 e. The van der Waals surface area contributed by atoms with Gasteiger partial charge in [0.05, 0.1) is 11.6 Å². The number of hydrogen-bond acceptors (Lipinski definition) is 7. The van der Waals surface area contributed by atoms with Gasteiger partial charge in [-0.25, -0.2) is 4.39 Å². The van der Waals surface area contributed by atoms with Crippen molar-refractivity contribution in [1.29, 1.82) is 5.26 Å². The molecule has 1 N–H and O–H groups in total. The minimum absolute atomic E-state index is 0.180. The molecule has 0 bridgehead atoms. The average Bonchev–Trinajstić information content (AvgIpc) is 3.24. The van der Waals surface area contributed by atoms with Gasteiger partial charge in [0, 0.05) is 32.7 Å². The van der Waals surface area contributed by atoms with E-state index in [0.717, 1.165) is 37.3 Å². The van der Waals surface area contributed by atoms with E-state index in [2.05, 4.69) is 38.4 Å². The van der Waals surface area contributed by atoms with Crippen LogP contribution in [0.4, 0.5) is 10.4 Å². The van der Waals surface area contributed by atoms with Gasteiger partial charge in [0.2, 0.25) is 5.89 Å². The fourth-order valence-electron chi connectivity index (χ4n) is 3.53. The predicted octanol–water partition coefficient (Wildman–Crippen LogP) is 3.03. The van der Waals surface area contributed by atoms with Crippen LogP contribution in [0.15, 0.2) is 52.9 Å². The molecule has 0 saturated carbocycles. The summed E-state index contributed by atoms with van der Waals surface area (Å²) in [6, 6.07) is 16.1. The molecule has 1 aliphatic heterocycles. The molecule has 2 aromatic carbocycles. The van der Waals surface area contributed by atoms with Gasteiger partial charge in [-0.05, 0) is 42.4 Å². The second kappa shape index (κ2) is 9.03. The van der Waals surface area contributed by atoms with E-state index in [1.165, 1.54) is 12.1 Å². The van der Waals surface area contributed by atoms with Crippen LogP contribution in [-0.4, -0.2) is 53.2 Å². The quantitative estimate of drug-likeness (QED) is 0.674. The third-order valence-corrected chi connectivity index (χ3v) is 5.29. The summed E-state index contributed by atoms with van der Waals surface area (Å²) in [5.74, 6) is 0.238. The monoisotopic (exact) mass is 406 g/mol. The molecule has 7 nitrogen and oxygen atoms in total. The Morgan fingerprint density at radius 2 is 1.77 bits per heavy atom. The Morgan fingerprint density at radius 1 is 1.07 bits per heavy atom. The third-order valence-electron chi connectivity index (χ3n) is 5.29. The van der Waals surface area contributed by atoms with Crippen molar-refractivity contribution in [1.82, 2.24) is 20.0 Å². The Kier molecular flexibility index (Phi) is 6.02. The standard InChI is InChI=1S/C22H23FN6O/c1-28-10-12-29(13-11-28)20(18-6-2-16(14-24)3-7-18)21-26-27-22(30-21)25-15-17-4-8-19(23)9-5-17/h2-9,20H,10-13,15H2,1H3,(H,25,27). The normalized spacial score (nSPS) is 16.2. The lowest BCUT2D eigenvalue weighted by Gasteiger charge is -2.36. The topological polar surface area (TPSA) is 81.2 Å². The largest absolute Gasteiger partial charge is 0.406 e. The zero-order valence-electron chi connectivity index (χ0n) is 16.8. The number of piperazine rings is 1. The molecule has 30 heavy (non-hydrogen) atoms. The van der Waals surface area contributed by atoms with E-state index < -0.39 is 0 Å². The lowest BCUT2D eigenvalue weighted by molar-refractivity contribution is 0.115. The summed E-state index contributed by atoms with van der Waals surface area (Å²) in [5, 5.41) is 20.6. The SMILES string of the molecule is CN1CCN(C(c2ccc(C#N)cc2)c2nnc(NCc3ccc(F)cc3)o2)CC1. The molecular formula is C22H23FN6O. The van der Waals surface area contributed by atoms with E-state index in [9.17, 15) is 4.39 Å². The van der Waals surface area contributed by atoms with Crippen LogP contribution in [0, 0.1) is 17.1 Å². The second-order valence-corrected chi connectivity index (χ2v) is 7.40. The van der Waals surface area contributed by atoms with Gasteiger partial charge in [-0.15, -0.1) is 5.10 Å². The highest BCUT2D eigenvalue weighted by atomic mass is 19.1. The lowest BCUT2D eigenvalue weighted by Crippen LogP contribution is -2.46. The summed E-state index contributed by atoms with van der Waals surface area (Å²) in [7, 11) is 2.11. The van der Waals surface area contributed by atoms with E-state index >= 15 is 0 Å². The molecule has 3 aromatic rings. The van der Waals surface area contributed by atoms with Crippen LogP contribution in [0.25, 0.3) is 0 Å². The van der Waals surface area contributed by atoms with E-state index in [1.54, 1.807) is 12.1 Å². The first-order valence-corrected chi connectivity index (χ1v) is 9.87. The van der Waals surface area contributed by atoms with Gasteiger partial charge in [0.15, 0.2) is 0 Å². The summed E-state index contributed by atoms with van der Waals surface area (Å²) >= 11 is 0. The molecule has 0 aliphatic carbocycles. The molecule has 1 unspecified atom stereocenters. The van der Waals surface area contributed by atoms with Crippen LogP contribution in [0.2, 0.25) is 0 Å². The predicted molar refractivity (Wildman–Crippen MR) is 110 cm³/mol. The first-order valence-electron chi connectivity index (χ1n) is 9.87. The van der Waals surface area contributed by atoms with Crippen LogP contribution in [0.3, 0.4) is 0 Å². The number of rotatable bonds is 6. The van der Waals surface area contributed by atoms with E-state index in [1.807, 2.05) is 24.3 Å². The summed E-state index contributed by atoms with van der Waals surface area (Å²) < 4.78 is 19.0. The molecule has 2 heterocycles. The Hall–Kier alpha value is -3.28. The summed E-state index contributed by atoms with van der Waals surface area (Å²) in [5.41, 5.74) is 2.54. The van der Waals surface area contributed by atoms with E-state index in [0.29, 0.717) is 24.0 Å². The van der Waals surface area contributed by atoms with Crippen molar-refractivity contribution >= 4 is 6.01 Å². The number of aromatic nitrogens is 2. The van der Waals surface area contributed by atoms with Gasteiger partial charge < -0.3 is 14.6 Å². The van der Waals surface area contributed by atoms with Crippen molar-refractivity contribution in [2.24, 2.45) is 0 Å². The van der Waals surface area contributed by atoms with Crippen LogP contribution in [0.1, 0.15) is 28.6 Å². The fraction of sp³-hybridized carbons (Fsp3) is 0.318. The molecular weight excluding hydrogens is 383 g/mol. The number of hydrogen-bond donors (Lipinski definition) is 1. The molecule has 1 fully saturated rings. The Bertz CT molecular complexity index is 1000. The van der Waals surface area contributed by atoms with Gasteiger partial charge in [-0.2, -0.15) is 5.26 Å². The fourth-order valence-corrected chi connectivity index (χ4v) is 3.53. The highest BCUT2D eigenvalue weighted by Crippen LogP contribution is 2.30. The first-order chi connectivity index (χ1) is 14.6. The molecule has 1 aliphatic rings. The van der Waals surface area contributed by atoms with Crippen LogP contribution >= 0.6 is 0 Å². The van der Waals surface area contributed by atoms with E-state index in [-0.39, 0.29) is 11.9 Å². The highest BCUT2D eigenvalue weighted by molar-refractivity contribution is 5.35. The molecule has 4 rings (SSSR count). The van der Waals surface area contributed by atoms with Crippen LogP contribution < -0.4 is 5.32 Å². The van der Waals surface area contributed by atoms with Gasteiger partial charge in [-0.3, -0.25) is 4.90 Å². The summed E-state index contributed by atoms with van der Waals surface area (Å²) in [6.07, 6.45) is 0. The first kappa shape index (κ1) is 20.0. The lowest BCUT2D eigenvalue weighted by atomic mass is 10.0. The molecule has 0 radical (unpaired) electrons. The van der Waals surface area contributed by atoms with Gasteiger partial charge in [-0.1, -0.05) is 29.4 Å². The van der Waals surface area contributed by atoms with Crippen molar-refractivity contribution in [2.45, 2.75) is 12.6 Å². The maximum atomic E-state index is 13.1. The smallest absolute Gasteiger partial charge is 0.315 e. The molecule has 8 heteroatoms. The summed E-state index contributed by atoms with van der Waals surface area (Å²) in [4.78, 5) is 4.61. The number of benzene rings is 2. The van der Waals surface area contributed by atoms with Crippen molar-refractivity contribution in [3.05, 3.63) is 76.9 Å². The molecule has 1 atom stereocenters. The van der Waals surface area contributed by atoms with Crippen molar-refractivity contribution in [2.75, 3.05) is 38.5 Å². The maximum absolute atomic E-state index is 13.1. The number of anilines is 1. The molecule has 1 saturated heterocycles. The zero-order chi connectivity index (χ0) is 20.9. The second-order valence-electron chi connectivity index (χ2n) is 7.40. The third kappa shape index (κ3) is 4.64. The number of halogens is 1. The minimum atomic E-state index is -0.267. The molecule has 1 aromatic heterocycles. The summed E-state index contributed by atoms with van der Waals surface area (Å²) in [6.45, 7) is 4.12. The Balaban J connectivity index is 1.54. The van der Waals surface area contributed by atoms with Crippen molar-refractivity contribution < 1.29 is 8.81 Å². The van der Waals surface area contributed by atoms with Crippen LogP contribution in [-0.2, 0) is 6.54 Å². The maximum Gasteiger partial charge on any atom is 0.315 e. The number of nitriles is 1. The van der Waals surface area contributed by atoms with Gasteiger partial charge in [0.25, 0.3) is 0 Å². The number of nitrogens with zero attached hydrogens (tertiary/aromatic N) is 5. The zero-order valence-corrected chi connectivity index (χ0v) is 16.8. The Morgan fingerprint density at radius 3 is 2.43 bits per heavy atom. The Labute approximate surface area is 174 Å².